The van der Waals surface area contributed by atoms with E-state index < -0.39 is 0 Å². The molecule has 150 valence electrons. The minimum absolute atomic E-state index is 0. The van der Waals surface area contributed by atoms with E-state index >= 15 is 0 Å². The molecule has 0 radical (unpaired) electrons. The minimum atomic E-state index is 0. The Morgan fingerprint density at radius 1 is 1.26 bits per heavy atom. The standard InChI is InChI=1S/C19H31N7.HI/c1-6-20-19(22-11-8-12-26-16(3)13-15(2)24-26)23-14-17-9-7-10-21-18(17)25(4)5;/h7,9-10,13H,6,8,11-12,14H2,1-5H3,(H2,20,22,23);1H. The highest BCUT2D eigenvalue weighted by molar-refractivity contribution is 14.0. The second-order valence-corrected chi connectivity index (χ2v) is 6.51. The Labute approximate surface area is 179 Å². The van der Waals surface area contributed by atoms with Crippen molar-refractivity contribution >= 4 is 35.8 Å². The first-order chi connectivity index (χ1) is 12.5. The van der Waals surface area contributed by atoms with Crippen molar-refractivity contribution < 1.29 is 0 Å². The molecule has 2 N–H and O–H groups in total. The molecule has 2 aromatic rings. The number of nitrogens with one attached hydrogen (secondary N) is 2. The Morgan fingerprint density at radius 3 is 2.67 bits per heavy atom. The second kappa shape index (κ2) is 11.8. The molecule has 0 saturated carbocycles. The fourth-order valence-corrected chi connectivity index (χ4v) is 2.80. The van der Waals surface area contributed by atoms with Crippen molar-refractivity contribution in [3.8, 4) is 0 Å². The van der Waals surface area contributed by atoms with Crippen LogP contribution in [0.1, 0.15) is 30.3 Å². The molecule has 0 unspecified atom stereocenters. The molecule has 0 fully saturated rings. The molecule has 0 atom stereocenters. The zero-order chi connectivity index (χ0) is 18.9. The molecule has 0 amide bonds. The zero-order valence-electron chi connectivity index (χ0n) is 17.0. The molecule has 0 aliphatic carbocycles. The molecule has 0 aromatic carbocycles. The van der Waals surface area contributed by atoms with Crippen LogP contribution in [0.25, 0.3) is 0 Å². The van der Waals surface area contributed by atoms with Crippen LogP contribution in [0.4, 0.5) is 5.82 Å². The fourth-order valence-electron chi connectivity index (χ4n) is 2.80. The third kappa shape index (κ3) is 7.36. The summed E-state index contributed by atoms with van der Waals surface area (Å²) >= 11 is 0. The molecule has 0 aliphatic rings. The summed E-state index contributed by atoms with van der Waals surface area (Å²) in [7, 11) is 4.00. The first-order valence-corrected chi connectivity index (χ1v) is 9.15. The molecule has 0 aliphatic heterocycles. The number of nitrogens with zero attached hydrogens (tertiary/aromatic N) is 5. The van der Waals surface area contributed by atoms with Gasteiger partial charge in [-0.15, -0.1) is 24.0 Å². The van der Waals surface area contributed by atoms with Gasteiger partial charge in [0.25, 0.3) is 0 Å². The molecule has 8 heteroatoms. The molecule has 0 spiro atoms. The Bertz CT molecular complexity index is 725. The summed E-state index contributed by atoms with van der Waals surface area (Å²) in [4.78, 5) is 11.1. The highest BCUT2D eigenvalue weighted by Gasteiger charge is 2.06. The maximum atomic E-state index is 4.70. The van der Waals surface area contributed by atoms with Crippen LogP contribution in [-0.4, -0.2) is 47.9 Å². The van der Waals surface area contributed by atoms with Gasteiger partial charge in [0.1, 0.15) is 5.82 Å². The highest BCUT2D eigenvalue weighted by Crippen LogP contribution is 2.15. The van der Waals surface area contributed by atoms with Gasteiger partial charge in [-0.05, 0) is 39.3 Å². The van der Waals surface area contributed by atoms with Crippen molar-refractivity contribution in [2.75, 3.05) is 32.1 Å². The Balaban J connectivity index is 0.00000364. The van der Waals surface area contributed by atoms with E-state index in [0.717, 1.165) is 49.1 Å². The number of hydrogen-bond donors (Lipinski definition) is 2. The maximum absolute atomic E-state index is 4.70. The lowest BCUT2D eigenvalue weighted by Crippen LogP contribution is -2.38. The van der Waals surface area contributed by atoms with E-state index in [1.165, 1.54) is 5.69 Å². The van der Waals surface area contributed by atoms with Gasteiger partial charge in [0.05, 0.1) is 12.2 Å². The van der Waals surface area contributed by atoms with Gasteiger partial charge in [-0.25, -0.2) is 9.98 Å². The van der Waals surface area contributed by atoms with Gasteiger partial charge in [-0.1, -0.05) is 6.07 Å². The Kier molecular flexibility index (Phi) is 10.1. The molecule has 7 nitrogen and oxygen atoms in total. The van der Waals surface area contributed by atoms with Gasteiger partial charge in [0, 0.05) is 51.2 Å². The maximum Gasteiger partial charge on any atom is 0.191 e. The van der Waals surface area contributed by atoms with E-state index in [-0.39, 0.29) is 24.0 Å². The predicted molar refractivity (Wildman–Crippen MR) is 123 cm³/mol. The predicted octanol–water partition coefficient (Wildman–Crippen LogP) is 2.72. The van der Waals surface area contributed by atoms with Crippen molar-refractivity contribution in [3.63, 3.8) is 0 Å². The molecular formula is C19H32IN7. The molecule has 2 rings (SSSR count). The average molecular weight is 485 g/mol. The van der Waals surface area contributed by atoms with E-state index in [9.17, 15) is 0 Å². The smallest absolute Gasteiger partial charge is 0.191 e. The lowest BCUT2D eigenvalue weighted by atomic mass is 10.2. The highest BCUT2D eigenvalue weighted by atomic mass is 127. The molecule has 0 bridgehead atoms. The number of pyridine rings is 1. The quantitative estimate of drug-likeness (QED) is 0.261. The summed E-state index contributed by atoms with van der Waals surface area (Å²) < 4.78 is 2.06. The number of rotatable bonds is 8. The first kappa shape index (κ1) is 23.2. The SMILES string of the molecule is CCNC(=NCc1cccnc1N(C)C)NCCCn1nc(C)cc1C.I. The van der Waals surface area contributed by atoms with Gasteiger partial charge in [-0.2, -0.15) is 5.10 Å². The topological polar surface area (TPSA) is 70.4 Å². The largest absolute Gasteiger partial charge is 0.362 e. The monoisotopic (exact) mass is 485 g/mol. The molecular weight excluding hydrogens is 453 g/mol. The van der Waals surface area contributed by atoms with Gasteiger partial charge in [0.15, 0.2) is 5.96 Å². The number of aromatic nitrogens is 3. The van der Waals surface area contributed by atoms with Crippen LogP contribution in [0.5, 0.6) is 0 Å². The number of hydrogen-bond acceptors (Lipinski definition) is 4. The van der Waals surface area contributed by atoms with Crippen LogP contribution in [-0.2, 0) is 13.1 Å². The summed E-state index contributed by atoms with van der Waals surface area (Å²) in [5, 5.41) is 11.2. The Hall–Kier alpha value is -1.84. The summed E-state index contributed by atoms with van der Waals surface area (Å²) in [6.45, 7) is 9.36. The second-order valence-electron chi connectivity index (χ2n) is 6.51. The van der Waals surface area contributed by atoms with E-state index in [2.05, 4.69) is 51.4 Å². The van der Waals surface area contributed by atoms with Crippen LogP contribution < -0.4 is 15.5 Å². The third-order valence-electron chi connectivity index (χ3n) is 3.99. The van der Waals surface area contributed by atoms with Crippen LogP contribution in [0.2, 0.25) is 0 Å². The van der Waals surface area contributed by atoms with Crippen LogP contribution in [0.15, 0.2) is 29.4 Å². The van der Waals surface area contributed by atoms with Crippen LogP contribution in [0.3, 0.4) is 0 Å². The van der Waals surface area contributed by atoms with Crippen LogP contribution >= 0.6 is 24.0 Å². The normalized spacial score (nSPS) is 11.1. The Morgan fingerprint density at radius 2 is 2.04 bits per heavy atom. The van der Waals surface area contributed by atoms with Crippen molar-refractivity contribution in [3.05, 3.63) is 41.3 Å². The van der Waals surface area contributed by atoms with Crippen molar-refractivity contribution in [1.82, 2.24) is 25.4 Å². The van der Waals surface area contributed by atoms with E-state index in [1.54, 1.807) is 0 Å². The van der Waals surface area contributed by atoms with E-state index in [0.29, 0.717) is 6.54 Å². The summed E-state index contributed by atoms with van der Waals surface area (Å²) in [6.07, 6.45) is 2.80. The lowest BCUT2D eigenvalue weighted by molar-refractivity contribution is 0.555. The molecule has 2 aromatic heterocycles. The van der Waals surface area contributed by atoms with Crippen molar-refractivity contribution in [2.45, 2.75) is 40.3 Å². The first-order valence-electron chi connectivity index (χ1n) is 9.15. The van der Waals surface area contributed by atoms with Crippen LogP contribution in [0, 0.1) is 13.8 Å². The zero-order valence-corrected chi connectivity index (χ0v) is 19.3. The number of halogens is 1. The molecule has 2 heterocycles. The third-order valence-corrected chi connectivity index (χ3v) is 3.99. The average Bonchev–Trinajstić information content (AvgIpc) is 2.94. The summed E-state index contributed by atoms with van der Waals surface area (Å²) in [5.41, 5.74) is 3.38. The number of aryl methyl sites for hydroxylation is 3. The molecule has 27 heavy (non-hydrogen) atoms. The fraction of sp³-hybridized carbons (Fsp3) is 0.526. The van der Waals surface area contributed by atoms with E-state index in [4.69, 9.17) is 4.99 Å². The number of aliphatic imine (C=N–C) groups is 1. The molecule has 0 saturated heterocycles. The summed E-state index contributed by atoms with van der Waals surface area (Å²) in [5.74, 6) is 1.78. The summed E-state index contributed by atoms with van der Waals surface area (Å²) in [6, 6.07) is 6.13. The van der Waals surface area contributed by atoms with Gasteiger partial charge < -0.3 is 15.5 Å². The lowest BCUT2D eigenvalue weighted by Gasteiger charge is -2.15. The minimum Gasteiger partial charge on any atom is -0.362 e. The van der Waals surface area contributed by atoms with Crippen molar-refractivity contribution in [1.29, 1.82) is 0 Å². The van der Waals surface area contributed by atoms with Crippen molar-refractivity contribution in [2.24, 2.45) is 4.99 Å². The van der Waals surface area contributed by atoms with Gasteiger partial charge >= 0.3 is 0 Å². The van der Waals surface area contributed by atoms with E-state index in [1.807, 2.05) is 38.2 Å². The number of guanidine groups is 1. The van der Waals surface area contributed by atoms with Gasteiger partial charge in [0.2, 0.25) is 0 Å². The van der Waals surface area contributed by atoms with Gasteiger partial charge in [-0.3, -0.25) is 4.68 Å². The number of anilines is 1.